The summed E-state index contributed by atoms with van der Waals surface area (Å²) in [5.74, 6) is 1.54. The fraction of sp³-hybridized carbons (Fsp3) is 0.400. The molecule has 2 heterocycles. The van der Waals surface area contributed by atoms with Gasteiger partial charge >= 0.3 is 0 Å². The van der Waals surface area contributed by atoms with E-state index in [1.807, 2.05) is 16.6 Å². The highest BCUT2D eigenvalue weighted by molar-refractivity contribution is 7.19. The van der Waals surface area contributed by atoms with Gasteiger partial charge in [-0.25, -0.2) is 0 Å². The topological polar surface area (TPSA) is 69.1 Å². The van der Waals surface area contributed by atoms with E-state index in [1.54, 1.807) is 11.3 Å². The maximum Gasteiger partial charge on any atom is 0.234 e. The van der Waals surface area contributed by atoms with Gasteiger partial charge in [0.2, 0.25) is 4.96 Å². The smallest absolute Gasteiger partial charge is 0.234 e. The van der Waals surface area contributed by atoms with Crippen LogP contribution in [0.1, 0.15) is 42.1 Å². The molecule has 21 heavy (non-hydrogen) atoms. The van der Waals surface area contributed by atoms with Gasteiger partial charge in [-0.1, -0.05) is 17.8 Å². The fourth-order valence-corrected chi connectivity index (χ4v) is 3.69. The summed E-state index contributed by atoms with van der Waals surface area (Å²) in [5, 5.41) is 14.3. The zero-order valence-corrected chi connectivity index (χ0v) is 12.9. The molecule has 0 aliphatic heterocycles. The van der Waals surface area contributed by atoms with Crippen LogP contribution < -0.4 is 5.73 Å². The Labute approximate surface area is 126 Å². The molecule has 0 radical (unpaired) electrons. The maximum atomic E-state index is 5.99. The first-order valence-corrected chi connectivity index (χ1v) is 8.04. The summed E-state index contributed by atoms with van der Waals surface area (Å²) in [6, 6.07) is 4.00. The molecule has 1 fully saturated rings. The predicted octanol–water partition coefficient (Wildman–Crippen LogP) is 3.32. The standard InChI is InChI=1S/C15H17N5S/c1-8-6-11(16)7-12(9(8)2)14-19-20-13(10-4-3-5-10)17-18-15(20)21-14/h6-7,10H,3-5,16H2,1-2H3. The molecule has 6 heteroatoms. The van der Waals surface area contributed by atoms with Crippen molar-refractivity contribution in [2.24, 2.45) is 0 Å². The Balaban J connectivity index is 1.86. The molecule has 4 rings (SSSR count). The number of benzene rings is 1. The Morgan fingerprint density at radius 1 is 1.24 bits per heavy atom. The SMILES string of the molecule is Cc1cc(N)cc(-c2nn3c(C4CCC4)nnc3s2)c1C. The molecule has 1 aliphatic rings. The van der Waals surface area contributed by atoms with E-state index >= 15 is 0 Å². The third-order valence-corrected chi connectivity index (χ3v) is 5.34. The normalized spacial score (nSPS) is 15.5. The van der Waals surface area contributed by atoms with Crippen LogP contribution in [0, 0.1) is 13.8 Å². The third-order valence-electron chi connectivity index (χ3n) is 4.41. The van der Waals surface area contributed by atoms with Crippen LogP contribution in [0.4, 0.5) is 5.69 Å². The van der Waals surface area contributed by atoms with Crippen LogP contribution in [-0.4, -0.2) is 19.8 Å². The van der Waals surface area contributed by atoms with Gasteiger partial charge in [-0.15, -0.1) is 10.2 Å². The first kappa shape index (κ1) is 12.8. The Bertz CT molecular complexity index is 828. The second kappa shape index (κ2) is 4.53. The average Bonchev–Trinajstić information content (AvgIpc) is 2.94. The van der Waals surface area contributed by atoms with Crippen LogP contribution in [0.3, 0.4) is 0 Å². The highest BCUT2D eigenvalue weighted by Crippen LogP contribution is 2.37. The molecule has 0 amide bonds. The average molecular weight is 299 g/mol. The Hall–Kier alpha value is -1.95. The van der Waals surface area contributed by atoms with E-state index in [2.05, 4.69) is 24.0 Å². The molecule has 1 aromatic carbocycles. The minimum absolute atomic E-state index is 0.527. The summed E-state index contributed by atoms with van der Waals surface area (Å²) < 4.78 is 1.92. The van der Waals surface area contributed by atoms with Gasteiger partial charge in [0.15, 0.2) is 5.82 Å². The zero-order chi connectivity index (χ0) is 14.6. The molecule has 1 saturated carbocycles. The van der Waals surface area contributed by atoms with Crippen LogP contribution in [-0.2, 0) is 0 Å². The van der Waals surface area contributed by atoms with E-state index in [1.165, 1.54) is 30.4 Å². The number of nitrogens with zero attached hydrogens (tertiary/aromatic N) is 4. The quantitative estimate of drug-likeness (QED) is 0.737. The monoisotopic (exact) mass is 299 g/mol. The second-order valence-electron chi connectivity index (χ2n) is 5.80. The first-order chi connectivity index (χ1) is 10.1. The number of fused-ring (bicyclic) bond motifs is 1. The minimum atomic E-state index is 0.527. The number of rotatable bonds is 2. The van der Waals surface area contributed by atoms with Crippen molar-refractivity contribution < 1.29 is 0 Å². The molecular weight excluding hydrogens is 282 g/mol. The number of nitrogens with two attached hydrogens (primary N) is 1. The van der Waals surface area contributed by atoms with Crippen molar-refractivity contribution in [2.75, 3.05) is 5.73 Å². The molecular formula is C15H17N5S. The predicted molar refractivity (Wildman–Crippen MR) is 84.6 cm³/mol. The van der Waals surface area contributed by atoms with Crippen molar-refractivity contribution in [3.8, 4) is 10.6 Å². The molecule has 0 spiro atoms. The number of anilines is 1. The summed E-state index contributed by atoms with van der Waals surface area (Å²) in [6.07, 6.45) is 3.68. The van der Waals surface area contributed by atoms with Gasteiger partial charge in [-0.2, -0.15) is 9.61 Å². The molecule has 1 aliphatic carbocycles. The van der Waals surface area contributed by atoms with Crippen LogP contribution in [0.5, 0.6) is 0 Å². The van der Waals surface area contributed by atoms with Crippen molar-refractivity contribution in [3.63, 3.8) is 0 Å². The lowest BCUT2D eigenvalue weighted by atomic mass is 9.85. The lowest BCUT2D eigenvalue weighted by Crippen LogP contribution is -2.13. The molecule has 3 aromatic rings. The van der Waals surface area contributed by atoms with E-state index in [4.69, 9.17) is 10.8 Å². The van der Waals surface area contributed by atoms with Gasteiger partial charge in [-0.05, 0) is 49.9 Å². The zero-order valence-electron chi connectivity index (χ0n) is 12.1. The number of hydrogen-bond donors (Lipinski definition) is 1. The summed E-state index contributed by atoms with van der Waals surface area (Å²) >= 11 is 1.58. The molecule has 0 unspecified atom stereocenters. The number of hydrogen-bond acceptors (Lipinski definition) is 5. The largest absolute Gasteiger partial charge is 0.399 e. The summed E-state index contributed by atoms with van der Waals surface area (Å²) in [6.45, 7) is 4.19. The van der Waals surface area contributed by atoms with E-state index in [0.717, 1.165) is 27.0 Å². The summed E-state index contributed by atoms with van der Waals surface area (Å²) in [4.78, 5) is 0.867. The van der Waals surface area contributed by atoms with Crippen LogP contribution in [0.25, 0.3) is 15.5 Å². The molecule has 2 aromatic heterocycles. The molecule has 5 nitrogen and oxygen atoms in total. The third kappa shape index (κ3) is 1.93. The molecule has 2 N–H and O–H groups in total. The van der Waals surface area contributed by atoms with Gasteiger partial charge in [0.25, 0.3) is 0 Å². The van der Waals surface area contributed by atoms with Gasteiger partial charge in [0, 0.05) is 17.2 Å². The summed E-state index contributed by atoms with van der Waals surface area (Å²) in [7, 11) is 0. The number of aryl methyl sites for hydroxylation is 1. The van der Waals surface area contributed by atoms with E-state index in [9.17, 15) is 0 Å². The maximum absolute atomic E-state index is 5.99. The van der Waals surface area contributed by atoms with Gasteiger partial charge in [0.05, 0.1) is 0 Å². The number of aromatic nitrogens is 4. The van der Waals surface area contributed by atoms with Crippen molar-refractivity contribution in [1.82, 2.24) is 19.8 Å². The second-order valence-corrected chi connectivity index (χ2v) is 6.75. The van der Waals surface area contributed by atoms with E-state index in [0.29, 0.717) is 5.92 Å². The molecule has 0 atom stereocenters. The highest BCUT2D eigenvalue weighted by atomic mass is 32.1. The van der Waals surface area contributed by atoms with Crippen LogP contribution in [0.15, 0.2) is 12.1 Å². The number of nitrogen functional groups attached to an aromatic ring is 1. The lowest BCUT2D eigenvalue weighted by Gasteiger charge is -2.22. The van der Waals surface area contributed by atoms with Crippen molar-refractivity contribution in [2.45, 2.75) is 39.0 Å². The minimum Gasteiger partial charge on any atom is -0.399 e. The van der Waals surface area contributed by atoms with Crippen LogP contribution in [0.2, 0.25) is 0 Å². The molecule has 0 saturated heterocycles. The van der Waals surface area contributed by atoms with Crippen molar-refractivity contribution in [3.05, 3.63) is 29.1 Å². The molecule has 0 bridgehead atoms. The Morgan fingerprint density at radius 2 is 2.05 bits per heavy atom. The molecule has 108 valence electrons. The fourth-order valence-electron chi connectivity index (χ4n) is 2.77. The van der Waals surface area contributed by atoms with Crippen molar-refractivity contribution >= 4 is 22.0 Å². The Kier molecular flexibility index (Phi) is 2.75. The Morgan fingerprint density at radius 3 is 2.76 bits per heavy atom. The van der Waals surface area contributed by atoms with Gasteiger partial charge in [0.1, 0.15) is 5.01 Å². The van der Waals surface area contributed by atoms with Crippen molar-refractivity contribution in [1.29, 1.82) is 0 Å². The van der Waals surface area contributed by atoms with E-state index in [-0.39, 0.29) is 0 Å². The van der Waals surface area contributed by atoms with E-state index < -0.39 is 0 Å². The van der Waals surface area contributed by atoms with Gasteiger partial charge < -0.3 is 5.73 Å². The summed E-state index contributed by atoms with van der Waals surface area (Å²) in [5.41, 5.74) is 10.3. The van der Waals surface area contributed by atoms with Crippen LogP contribution >= 0.6 is 11.3 Å². The van der Waals surface area contributed by atoms with Gasteiger partial charge in [-0.3, -0.25) is 0 Å². The lowest BCUT2D eigenvalue weighted by molar-refractivity contribution is 0.395. The first-order valence-electron chi connectivity index (χ1n) is 7.22. The highest BCUT2D eigenvalue weighted by Gasteiger charge is 2.26.